The molecule has 0 bridgehead atoms. The lowest BCUT2D eigenvalue weighted by molar-refractivity contribution is 0.443. The summed E-state index contributed by atoms with van der Waals surface area (Å²) in [5.74, 6) is 1.27. The molecule has 1 fully saturated rings. The lowest BCUT2D eigenvalue weighted by Gasteiger charge is -2.22. The molecule has 1 aliphatic carbocycles. The lowest BCUT2D eigenvalue weighted by atomic mass is 9.84. The number of rotatable bonds is 6. The van der Waals surface area contributed by atoms with Gasteiger partial charge in [0.1, 0.15) is 0 Å². The molecule has 1 aliphatic rings. The second kappa shape index (κ2) is 8.08. The Morgan fingerprint density at radius 1 is 1.08 bits per heavy atom. The molecule has 134 valence electrons. The van der Waals surface area contributed by atoms with E-state index in [0.29, 0.717) is 12.5 Å². The zero-order valence-corrected chi connectivity index (χ0v) is 14.9. The molecule has 1 N–H and O–H groups in total. The highest BCUT2D eigenvalue weighted by Gasteiger charge is 2.15. The van der Waals surface area contributed by atoms with E-state index >= 15 is 0 Å². The van der Waals surface area contributed by atoms with Gasteiger partial charge in [-0.1, -0.05) is 43.5 Å². The fourth-order valence-corrected chi connectivity index (χ4v) is 3.59. The van der Waals surface area contributed by atoms with Crippen LogP contribution in [0, 0.1) is 0 Å². The molecule has 26 heavy (non-hydrogen) atoms. The average Bonchev–Trinajstić information content (AvgIpc) is 3.23. The summed E-state index contributed by atoms with van der Waals surface area (Å²) in [6.07, 6.45) is 12.2. The van der Waals surface area contributed by atoms with Crippen LogP contribution in [0.5, 0.6) is 0 Å². The first-order valence-electron chi connectivity index (χ1n) is 9.40. The standard InChI is InChI=1S/C20H24N6/c1-2-5-16(6-3-1)17-7-9-18(10-8-17)19-15-22-25-20(24-19)21-12-14-26-13-4-11-23-26/h4,7-11,13,15-16H,1-3,5-6,12,14H2,(H,21,24,25). The van der Waals surface area contributed by atoms with Crippen molar-refractivity contribution in [3.63, 3.8) is 0 Å². The zero-order chi connectivity index (χ0) is 17.6. The van der Waals surface area contributed by atoms with Gasteiger partial charge in [0.25, 0.3) is 0 Å². The van der Waals surface area contributed by atoms with Crippen molar-refractivity contribution in [3.05, 3.63) is 54.5 Å². The summed E-state index contributed by atoms with van der Waals surface area (Å²) in [4.78, 5) is 4.59. The van der Waals surface area contributed by atoms with E-state index in [0.717, 1.165) is 23.7 Å². The van der Waals surface area contributed by atoms with E-state index < -0.39 is 0 Å². The average molecular weight is 348 g/mol. The molecular weight excluding hydrogens is 324 g/mol. The van der Waals surface area contributed by atoms with Gasteiger partial charge < -0.3 is 5.32 Å². The maximum absolute atomic E-state index is 4.59. The van der Waals surface area contributed by atoms with Crippen LogP contribution in [0.3, 0.4) is 0 Å². The van der Waals surface area contributed by atoms with Crippen molar-refractivity contribution in [1.29, 1.82) is 0 Å². The topological polar surface area (TPSA) is 68.5 Å². The van der Waals surface area contributed by atoms with Crippen LogP contribution < -0.4 is 5.32 Å². The number of hydrogen-bond acceptors (Lipinski definition) is 5. The first-order chi connectivity index (χ1) is 12.9. The molecule has 6 heteroatoms. The molecule has 6 nitrogen and oxygen atoms in total. The summed E-state index contributed by atoms with van der Waals surface area (Å²) in [5.41, 5.74) is 3.37. The summed E-state index contributed by atoms with van der Waals surface area (Å²) in [6.45, 7) is 1.46. The smallest absolute Gasteiger partial charge is 0.243 e. The number of aromatic nitrogens is 5. The van der Waals surface area contributed by atoms with Gasteiger partial charge in [0, 0.05) is 24.5 Å². The Bertz CT molecular complexity index is 807. The Hall–Kier alpha value is -2.76. The van der Waals surface area contributed by atoms with Crippen molar-refractivity contribution < 1.29 is 0 Å². The van der Waals surface area contributed by atoms with Crippen LogP contribution in [0.4, 0.5) is 5.95 Å². The van der Waals surface area contributed by atoms with Crippen molar-refractivity contribution in [2.75, 3.05) is 11.9 Å². The molecular formula is C20H24N6. The van der Waals surface area contributed by atoms with Gasteiger partial charge in [0.05, 0.1) is 18.4 Å². The summed E-state index contributed by atoms with van der Waals surface area (Å²) < 4.78 is 1.87. The SMILES string of the molecule is c1cnn(CCNc2nncc(-c3ccc(C4CCCCC4)cc3)n2)c1. The maximum Gasteiger partial charge on any atom is 0.243 e. The van der Waals surface area contributed by atoms with Crippen LogP contribution in [0.2, 0.25) is 0 Å². The lowest BCUT2D eigenvalue weighted by Crippen LogP contribution is -2.13. The predicted molar refractivity (Wildman–Crippen MR) is 102 cm³/mol. The Morgan fingerprint density at radius 2 is 1.92 bits per heavy atom. The van der Waals surface area contributed by atoms with E-state index in [9.17, 15) is 0 Å². The number of anilines is 1. The fourth-order valence-electron chi connectivity index (χ4n) is 3.59. The van der Waals surface area contributed by atoms with E-state index in [1.165, 1.54) is 37.7 Å². The van der Waals surface area contributed by atoms with Gasteiger partial charge in [0.15, 0.2) is 0 Å². The van der Waals surface area contributed by atoms with Gasteiger partial charge in [-0.25, -0.2) is 4.98 Å². The molecule has 1 aromatic carbocycles. The summed E-state index contributed by atoms with van der Waals surface area (Å²) in [6, 6.07) is 10.7. The first-order valence-corrected chi connectivity index (χ1v) is 9.40. The monoisotopic (exact) mass is 348 g/mol. The van der Waals surface area contributed by atoms with Crippen LogP contribution in [0.15, 0.2) is 48.9 Å². The molecule has 4 rings (SSSR count). The van der Waals surface area contributed by atoms with Crippen LogP contribution in [0.1, 0.15) is 43.6 Å². The third-order valence-electron chi connectivity index (χ3n) is 5.03. The molecule has 2 heterocycles. The van der Waals surface area contributed by atoms with Gasteiger partial charge >= 0.3 is 0 Å². The van der Waals surface area contributed by atoms with E-state index in [4.69, 9.17) is 0 Å². The van der Waals surface area contributed by atoms with Crippen LogP contribution >= 0.6 is 0 Å². The van der Waals surface area contributed by atoms with Gasteiger partial charge in [0.2, 0.25) is 5.95 Å². The van der Waals surface area contributed by atoms with Crippen LogP contribution in [-0.2, 0) is 6.54 Å². The van der Waals surface area contributed by atoms with Crippen molar-refractivity contribution in [2.24, 2.45) is 0 Å². The van der Waals surface area contributed by atoms with Gasteiger partial charge in [-0.15, -0.1) is 5.10 Å². The largest absolute Gasteiger partial charge is 0.351 e. The minimum Gasteiger partial charge on any atom is -0.351 e. The van der Waals surface area contributed by atoms with Gasteiger partial charge in [-0.05, 0) is 30.4 Å². The molecule has 3 aromatic rings. The Labute approximate surface area is 153 Å². The molecule has 0 atom stereocenters. The van der Waals surface area contributed by atoms with E-state index in [1.807, 2.05) is 16.9 Å². The normalized spacial score (nSPS) is 15.1. The molecule has 1 saturated carbocycles. The highest BCUT2D eigenvalue weighted by Crippen LogP contribution is 2.33. The Kier molecular flexibility index (Phi) is 5.19. The molecule has 0 aliphatic heterocycles. The number of benzene rings is 1. The molecule has 2 aromatic heterocycles. The predicted octanol–water partition coefficient (Wildman–Crippen LogP) is 3.89. The molecule has 0 amide bonds. The van der Waals surface area contributed by atoms with Gasteiger partial charge in [-0.3, -0.25) is 4.68 Å². The van der Waals surface area contributed by atoms with E-state index in [2.05, 4.69) is 49.9 Å². The summed E-state index contributed by atoms with van der Waals surface area (Å²) in [7, 11) is 0. The number of nitrogens with one attached hydrogen (secondary N) is 1. The highest BCUT2D eigenvalue weighted by molar-refractivity contribution is 5.59. The van der Waals surface area contributed by atoms with E-state index in [-0.39, 0.29) is 0 Å². The minimum absolute atomic E-state index is 0.547. The second-order valence-corrected chi connectivity index (χ2v) is 6.82. The van der Waals surface area contributed by atoms with Crippen molar-refractivity contribution in [2.45, 2.75) is 44.6 Å². The molecule has 0 unspecified atom stereocenters. The summed E-state index contributed by atoms with van der Waals surface area (Å²) >= 11 is 0. The highest BCUT2D eigenvalue weighted by atomic mass is 15.3. The molecule has 0 saturated heterocycles. The summed E-state index contributed by atoms with van der Waals surface area (Å²) in [5, 5.41) is 15.6. The van der Waals surface area contributed by atoms with Crippen LogP contribution in [0.25, 0.3) is 11.3 Å². The third-order valence-corrected chi connectivity index (χ3v) is 5.03. The van der Waals surface area contributed by atoms with Crippen molar-refractivity contribution in [3.8, 4) is 11.3 Å². The van der Waals surface area contributed by atoms with Gasteiger partial charge in [-0.2, -0.15) is 10.2 Å². The van der Waals surface area contributed by atoms with E-state index in [1.54, 1.807) is 12.4 Å². The second-order valence-electron chi connectivity index (χ2n) is 6.82. The fraction of sp³-hybridized carbons (Fsp3) is 0.400. The molecule has 0 radical (unpaired) electrons. The number of nitrogens with zero attached hydrogens (tertiary/aromatic N) is 5. The van der Waals surface area contributed by atoms with Crippen LogP contribution in [-0.4, -0.2) is 31.5 Å². The quantitative estimate of drug-likeness (QED) is 0.732. The van der Waals surface area contributed by atoms with Crippen molar-refractivity contribution >= 4 is 5.95 Å². The maximum atomic E-state index is 4.59. The molecule has 0 spiro atoms. The van der Waals surface area contributed by atoms with Crippen molar-refractivity contribution in [1.82, 2.24) is 25.0 Å². The zero-order valence-electron chi connectivity index (χ0n) is 14.9. The number of hydrogen-bond donors (Lipinski definition) is 1. The Balaban J connectivity index is 1.40. The first kappa shape index (κ1) is 16.7. The minimum atomic E-state index is 0.547. The third kappa shape index (κ3) is 4.07. The Morgan fingerprint density at radius 3 is 2.69 bits per heavy atom.